The van der Waals surface area contributed by atoms with Crippen LogP contribution in [0.2, 0.25) is 0 Å². The van der Waals surface area contributed by atoms with Crippen LogP contribution in [0.1, 0.15) is 77.6 Å². The maximum absolute atomic E-state index is 6.13. The number of hydrogen-bond donors (Lipinski definition) is 0. The lowest BCUT2D eigenvalue weighted by Crippen LogP contribution is -2.39. The Kier molecular flexibility index (Phi) is 9.79. The van der Waals surface area contributed by atoms with Crippen molar-refractivity contribution in [2.75, 3.05) is 26.4 Å². The number of rotatable bonds is 10. The highest BCUT2D eigenvalue weighted by Gasteiger charge is 2.33. The van der Waals surface area contributed by atoms with Gasteiger partial charge in [0.05, 0.1) is 26.4 Å². The summed E-state index contributed by atoms with van der Waals surface area (Å²) in [5.41, 5.74) is 0. The van der Waals surface area contributed by atoms with Crippen molar-refractivity contribution in [3.05, 3.63) is 12.7 Å². The molecule has 0 atom stereocenters. The molecule has 0 aromatic heterocycles. The van der Waals surface area contributed by atoms with Gasteiger partial charge >= 0.3 is 0 Å². The van der Waals surface area contributed by atoms with Gasteiger partial charge in [-0.3, -0.25) is 0 Å². The van der Waals surface area contributed by atoms with Crippen LogP contribution < -0.4 is 0 Å². The molecule has 0 aromatic carbocycles. The Labute approximate surface area is 172 Å². The number of unbranched alkanes of at least 4 members (excludes halogenated alkanes) is 1. The number of allylic oxidation sites excluding steroid dienone is 1. The Hall–Kier alpha value is -0.420. The average molecular weight is 395 g/mol. The second kappa shape index (κ2) is 12.3. The lowest BCUT2D eigenvalue weighted by molar-refractivity contribution is -0.236. The Bertz CT molecular complexity index is 416. The molecular weight excluding hydrogens is 352 g/mol. The Morgan fingerprint density at radius 2 is 1.39 bits per heavy atom. The zero-order valence-electron chi connectivity index (χ0n) is 18.0. The zero-order valence-corrected chi connectivity index (χ0v) is 18.0. The highest BCUT2D eigenvalue weighted by molar-refractivity contribution is 4.77. The first-order chi connectivity index (χ1) is 13.8. The second-order valence-electron chi connectivity index (χ2n) is 9.23. The van der Waals surface area contributed by atoms with E-state index in [2.05, 4.69) is 13.5 Å². The van der Waals surface area contributed by atoms with Crippen LogP contribution in [0.15, 0.2) is 12.7 Å². The normalized spacial score (nSPS) is 36.9. The molecule has 2 heterocycles. The molecule has 0 amide bonds. The molecule has 1 saturated carbocycles. The van der Waals surface area contributed by atoms with Gasteiger partial charge in [0.2, 0.25) is 0 Å². The van der Waals surface area contributed by atoms with Gasteiger partial charge in [-0.15, -0.1) is 6.58 Å². The van der Waals surface area contributed by atoms with Crippen LogP contribution in [-0.2, 0) is 18.9 Å². The molecule has 2 saturated heterocycles. The van der Waals surface area contributed by atoms with E-state index in [9.17, 15) is 0 Å². The fraction of sp³-hybridized carbons (Fsp3) is 0.917. The van der Waals surface area contributed by atoms with Crippen LogP contribution in [0.25, 0.3) is 0 Å². The second-order valence-corrected chi connectivity index (χ2v) is 9.23. The molecule has 4 nitrogen and oxygen atoms in total. The van der Waals surface area contributed by atoms with E-state index >= 15 is 0 Å². The third-order valence-electron chi connectivity index (χ3n) is 6.86. The molecule has 0 spiro atoms. The van der Waals surface area contributed by atoms with Crippen LogP contribution >= 0.6 is 0 Å². The molecule has 3 aliphatic rings. The van der Waals surface area contributed by atoms with E-state index in [-0.39, 0.29) is 12.6 Å². The minimum absolute atomic E-state index is 0.0381. The fourth-order valence-corrected chi connectivity index (χ4v) is 4.88. The summed E-state index contributed by atoms with van der Waals surface area (Å²) >= 11 is 0. The predicted octanol–water partition coefficient (Wildman–Crippen LogP) is 5.71. The Morgan fingerprint density at radius 3 is 2.04 bits per heavy atom. The first-order valence-electron chi connectivity index (χ1n) is 11.9. The quantitative estimate of drug-likeness (QED) is 0.445. The maximum atomic E-state index is 6.13. The van der Waals surface area contributed by atoms with Gasteiger partial charge in [-0.1, -0.05) is 32.3 Å². The Morgan fingerprint density at radius 1 is 0.750 bits per heavy atom. The fourth-order valence-electron chi connectivity index (χ4n) is 4.88. The summed E-state index contributed by atoms with van der Waals surface area (Å²) < 4.78 is 24.1. The van der Waals surface area contributed by atoms with Crippen molar-refractivity contribution in [3.63, 3.8) is 0 Å². The van der Waals surface area contributed by atoms with Crippen LogP contribution in [0, 0.1) is 23.7 Å². The van der Waals surface area contributed by atoms with Crippen LogP contribution in [0.4, 0.5) is 0 Å². The van der Waals surface area contributed by atoms with E-state index in [0.29, 0.717) is 17.8 Å². The van der Waals surface area contributed by atoms with Gasteiger partial charge in [0.1, 0.15) is 0 Å². The predicted molar refractivity (Wildman–Crippen MR) is 112 cm³/mol. The molecule has 0 radical (unpaired) electrons. The monoisotopic (exact) mass is 394 g/mol. The largest absolute Gasteiger partial charge is 0.352 e. The van der Waals surface area contributed by atoms with Gasteiger partial charge in [-0.05, 0) is 57.3 Å². The van der Waals surface area contributed by atoms with Gasteiger partial charge in [0, 0.05) is 17.8 Å². The molecule has 3 rings (SSSR count). The molecular formula is C24H42O4. The smallest absolute Gasteiger partial charge is 0.160 e. The van der Waals surface area contributed by atoms with Gasteiger partial charge in [-0.2, -0.15) is 0 Å². The highest BCUT2D eigenvalue weighted by Crippen LogP contribution is 2.36. The topological polar surface area (TPSA) is 36.9 Å². The van der Waals surface area contributed by atoms with Crippen molar-refractivity contribution in [1.82, 2.24) is 0 Å². The molecule has 1 aliphatic carbocycles. The first-order valence-corrected chi connectivity index (χ1v) is 11.9. The van der Waals surface area contributed by atoms with Gasteiger partial charge < -0.3 is 18.9 Å². The van der Waals surface area contributed by atoms with E-state index in [0.717, 1.165) is 58.0 Å². The molecule has 2 aliphatic heterocycles. The summed E-state index contributed by atoms with van der Waals surface area (Å²) in [7, 11) is 0. The highest BCUT2D eigenvalue weighted by atomic mass is 16.7. The van der Waals surface area contributed by atoms with Gasteiger partial charge in [-0.25, -0.2) is 0 Å². The Balaban J connectivity index is 1.25. The molecule has 4 heteroatoms. The standard InChI is InChI=1S/C24H42O4/c1-3-5-7-19-9-12-22(13-10-19)24-27-17-21(18-28-24)11-14-23-25-15-20(16-26-23)8-6-4-2/h4,19-24H,2-3,5-18H2,1H3/t19-,20-,21-,22-,23-,24-. The third kappa shape index (κ3) is 7.12. The summed E-state index contributed by atoms with van der Waals surface area (Å²) in [6.45, 7) is 9.37. The van der Waals surface area contributed by atoms with Crippen molar-refractivity contribution in [2.24, 2.45) is 23.7 Å². The van der Waals surface area contributed by atoms with Crippen molar-refractivity contribution in [2.45, 2.75) is 90.1 Å². The summed E-state index contributed by atoms with van der Waals surface area (Å²) in [6, 6.07) is 0. The van der Waals surface area contributed by atoms with Crippen LogP contribution in [-0.4, -0.2) is 39.0 Å². The van der Waals surface area contributed by atoms with Crippen molar-refractivity contribution in [1.29, 1.82) is 0 Å². The van der Waals surface area contributed by atoms with Crippen molar-refractivity contribution < 1.29 is 18.9 Å². The third-order valence-corrected chi connectivity index (χ3v) is 6.86. The zero-order chi connectivity index (χ0) is 19.6. The number of hydrogen-bond acceptors (Lipinski definition) is 4. The molecule has 3 fully saturated rings. The lowest BCUT2D eigenvalue weighted by Gasteiger charge is -2.38. The van der Waals surface area contributed by atoms with Gasteiger partial charge in [0.25, 0.3) is 0 Å². The van der Waals surface area contributed by atoms with E-state index in [4.69, 9.17) is 18.9 Å². The summed E-state index contributed by atoms with van der Waals surface area (Å²) in [5.74, 6) is 2.55. The van der Waals surface area contributed by atoms with Crippen LogP contribution in [0.5, 0.6) is 0 Å². The van der Waals surface area contributed by atoms with Crippen molar-refractivity contribution >= 4 is 0 Å². The first kappa shape index (κ1) is 22.3. The average Bonchev–Trinajstić information content (AvgIpc) is 2.76. The summed E-state index contributed by atoms with van der Waals surface area (Å²) in [4.78, 5) is 0. The molecule has 28 heavy (non-hydrogen) atoms. The molecule has 0 N–H and O–H groups in total. The minimum Gasteiger partial charge on any atom is -0.352 e. The van der Waals surface area contributed by atoms with Crippen molar-refractivity contribution in [3.8, 4) is 0 Å². The maximum Gasteiger partial charge on any atom is 0.160 e. The minimum atomic E-state index is -0.0453. The van der Waals surface area contributed by atoms with E-state index < -0.39 is 0 Å². The van der Waals surface area contributed by atoms with E-state index in [1.54, 1.807) is 0 Å². The van der Waals surface area contributed by atoms with E-state index in [1.807, 2.05) is 6.08 Å². The summed E-state index contributed by atoms with van der Waals surface area (Å²) in [5, 5.41) is 0. The molecule has 0 bridgehead atoms. The number of ether oxygens (including phenoxy) is 4. The summed E-state index contributed by atoms with van der Waals surface area (Å²) in [6.07, 6.45) is 15.5. The SMILES string of the molecule is C=CCC[C@H]1CO[C@H](CC[C@H]2CO[C@H]([C@H]3CC[C@H](CCCC)CC3)OC2)OC1. The molecule has 162 valence electrons. The van der Waals surface area contributed by atoms with E-state index in [1.165, 1.54) is 44.9 Å². The molecule has 0 aromatic rings. The lowest BCUT2D eigenvalue weighted by atomic mass is 9.79. The molecule has 0 unspecified atom stereocenters. The van der Waals surface area contributed by atoms with Gasteiger partial charge in [0.15, 0.2) is 12.6 Å². The van der Waals surface area contributed by atoms with Crippen LogP contribution in [0.3, 0.4) is 0 Å².